The van der Waals surface area contributed by atoms with Crippen LogP contribution in [0.4, 0.5) is 8.78 Å². The summed E-state index contributed by atoms with van der Waals surface area (Å²) in [5, 5.41) is 0.301. The van der Waals surface area contributed by atoms with Crippen LogP contribution in [-0.4, -0.2) is 5.05 Å². The highest BCUT2D eigenvalue weighted by molar-refractivity contribution is 7.80. The molecule has 34 heavy (non-hydrogen) atoms. The van der Waals surface area contributed by atoms with Gasteiger partial charge >= 0.3 is 0 Å². The van der Waals surface area contributed by atoms with E-state index in [-0.39, 0.29) is 5.56 Å². The molecule has 0 saturated heterocycles. The van der Waals surface area contributed by atoms with Crippen LogP contribution in [0.25, 0.3) is 0 Å². The van der Waals surface area contributed by atoms with Gasteiger partial charge in [0.05, 0.1) is 0 Å². The molecule has 0 amide bonds. The number of rotatable bonds is 13. The maximum Gasteiger partial charge on any atom is 0.263 e. The minimum atomic E-state index is -2.48. The number of thiocarbonyl (C=S) groups is 1. The van der Waals surface area contributed by atoms with Crippen LogP contribution >= 0.6 is 12.2 Å². The second-order valence-electron chi connectivity index (χ2n) is 9.86. The summed E-state index contributed by atoms with van der Waals surface area (Å²) in [4.78, 5) is 0. The lowest BCUT2D eigenvalue weighted by atomic mass is 9.77. The molecule has 2 aromatic carbocycles. The zero-order valence-corrected chi connectivity index (χ0v) is 21.4. The molecule has 0 bridgehead atoms. The van der Waals surface area contributed by atoms with Crippen molar-refractivity contribution in [3.63, 3.8) is 0 Å². The highest BCUT2D eigenvalue weighted by atomic mass is 32.1. The number of hydrogen-bond donors (Lipinski definition) is 0. The lowest BCUT2D eigenvalue weighted by Gasteiger charge is -2.29. The van der Waals surface area contributed by atoms with Gasteiger partial charge in [-0.05, 0) is 79.6 Å². The highest BCUT2D eigenvalue weighted by Gasteiger charge is 2.22. The van der Waals surface area contributed by atoms with Crippen LogP contribution in [0.2, 0.25) is 0 Å². The topological polar surface area (TPSA) is 9.23 Å². The maximum absolute atomic E-state index is 12.7. The first-order valence-electron chi connectivity index (χ1n) is 13.3. The van der Waals surface area contributed by atoms with Gasteiger partial charge in [-0.3, -0.25) is 0 Å². The van der Waals surface area contributed by atoms with Gasteiger partial charge in [0.2, 0.25) is 0 Å². The molecule has 0 radical (unpaired) electrons. The summed E-state index contributed by atoms with van der Waals surface area (Å²) >= 11 is 5.35. The van der Waals surface area contributed by atoms with Crippen molar-refractivity contribution >= 4 is 17.3 Å². The summed E-state index contributed by atoms with van der Waals surface area (Å²) in [6, 6.07) is 14.2. The Morgan fingerprint density at radius 3 is 2.00 bits per heavy atom. The van der Waals surface area contributed by atoms with Crippen molar-refractivity contribution in [1.82, 2.24) is 0 Å². The van der Waals surface area contributed by atoms with Crippen molar-refractivity contribution in [2.75, 3.05) is 0 Å². The predicted octanol–water partition coefficient (Wildman–Crippen LogP) is 10.2. The number of alkyl halides is 2. The molecular formula is C30H40F2OS. The molecule has 3 rings (SSSR count). The van der Waals surface area contributed by atoms with Crippen molar-refractivity contribution in [2.45, 2.75) is 103 Å². The summed E-state index contributed by atoms with van der Waals surface area (Å²) in [6.07, 6.45) is 15.4. The third-order valence-electron chi connectivity index (χ3n) is 7.27. The van der Waals surface area contributed by atoms with Crippen LogP contribution in [0.3, 0.4) is 0 Å². The van der Waals surface area contributed by atoms with E-state index < -0.39 is 6.43 Å². The van der Waals surface area contributed by atoms with E-state index in [9.17, 15) is 8.78 Å². The number of hydrogen-bond acceptors (Lipinski definition) is 2. The molecule has 1 aliphatic carbocycles. The number of halogens is 2. The Morgan fingerprint density at radius 2 is 1.41 bits per heavy atom. The Labute approximate surface area is 210 Å². The monoisotopic (exact) mass is 486 g/mol. The van der Waals surface area contributed by atoms with Crippen LogP contribution in [0.1, 0.15) is 119 Å². The molecule has 1 nitrogen and oxygen atoms in total. The summed E-state index contributed by atoms with van der Waals surface area (Å²) in [5.74, 6) is 2.24. The Morgan fingerprint density at radius 1 is 0.824 bits per heavy atom. The van der Waals surface area contributed by atoms with E-state index in [1.165, 1.54) is 101 Å². The molecule has 186 valence electrons. The van der Waals surface area contributed by atoms with Gasteiger partial charge < -0.3 is 4.74 Å². The van der Waals surface area contributed by atoms with E-state index in [0.717, 1.165) is 5.92 Å². The van der Waals surface area contributed by atoms with Gasteiger partial charge in [0.1, 0.15) is 5.75 Å². The average Bonchev–Trinajstić information content (AvgIpc) is 2.86. The van der Waals surface area contributed by atoms with Crippen LogP contribution in [0.5, 0.6) is 5.75 Å². The smallest absolute Gasteiger partial charge is 0.263 e. The molecule has 0 atom stereocenters. The number of unbranched alkanes of at least 4 members (excludes halogenated alkanes) is 7. The van der Waals surface area contributed by atoms with Crippen LogP contribution < -0.4 is 4.74 Å². The first kappa shape index (κ1) is 26.8. The van der Waals surface area contributed by atoms with Crippen molar-refractivity contribution in [3.05, 3.63) is 65.2 Å². The van der Waals surface area contributed by atoms with Gasteiger partial charge in [0.25, 0.3) is 6.43 Å². The number of benzene rings is 2. The molecular weight excluding hydrogens is 446 g/mol. The molecule has 0 aromatic heterocycles. The molecule has 0 N–H and O–H groups in total. The quantitative estimate of drug-likeness (QED) is 0.206. The Balaban J connectivity index is 1.35. The lowest BCUT2D eigenvalue weighted by Crippen LogP contribution is -2.13. The van der Waals surface area contributed by atoms with Gasteiger partial charge in [-0.2, -0.15) is 0 Å². The van der Waals surface area contributed by atoms with E-state index in [0.29, 0.717) is 22.3 Å². The van der Waals surface area contributed by atoms with Crippen molar-refractivity contribution in [1.29, 1.82) is 0 Å². The van der Waals surface area contributed by atoms with E-state index in [1.54, 1.807) is 12.1 Å². The molecule has 0 unspecified atom stereocenters. The lowest BCUT2D eigenvalue weighted by molar-refractivity contribution is 0.151. The van der Waals surface area contributed by atoms with Crippen LogP contribution in [0, 0.1) is 5.92 Å². The largest absolute Gasteiger partial charge is 0.445 e. The molecule has 1 aliphatic rings. The van der Waals surface area contributed by atoms with Gasteiger partial charge in [-0.25, -0.2) is 8.78 Å². The Hall–Kier alpha value is -1.81. The van der Waals surface area contributed by atoms with Gasteiger partial charge in [0.15, 0.2) is 5.05 Å². The third kappa shape index (κ3) is 8.76. The molecule has 1 saturated carbocycles. The molecule has 4 heteroatoms. The summed E-state index contributed by atoms with van der Waals surface area (Å²) in [5.41, 5.74) is 2.01. The normalized spacial score (nSPS) is 18.2. The van der Waals surface area contributed by atoms with Gasteiger partial charge in [0, 0.05) is 11.1 Å². The Bertz CT molecular complexity index is 839. The van der Waals surface area contributed by atoms with E-state index in [2.05, 4.69) is 19.1 Å². The molecule has 0 heterocycles. The Kier molecular flexibility index (Phi) is 11.5. The summed E-state index contributed by atoms with van der Waals surface area (Å²) in [7, 11) is 0. The van der Waals surface area contributed by atoms with Crippen molar-refractivity contribution in [3.8, 4) is 5.75 Å². The summed E-state index contributed by atoms with van der Waals surface area (Å²) < 4.78 is 31.2. The minimum absolute atomic E-state index is 0.0107. The molecule has 0 spiro atoms. The first-order valence-corrected chi connectivity index (χ1v) is 13.7. The van der Waals surface area contributed by atoms with Crippen molar-refractivity contribution < 1.29 is 13.5 Å². The predicted molar refractivity (Wildman–Crippen MR) is 142 cm³/mol. The standard InChI is InChI=1S/C30H40F2OS/c1-2-3-4-5-6-7-8-9-10-23-11-13-24(14-12-23)25-19-21-28(22-20-25)33-30(34)27-17-15-26(16-18-27)29(31)32/h15-24,29H,2-14H2,1H3. The fourth-order valence-electron chi connectivity index (χ4n) is 5.09. The average molecular weight is 487 g/mol. The third-order valence-corrected chi connectivity index (χ3v) is 7.59. The van der Waals surface area contributed by atoms with E-state index in [4.69, 9.17) is 17.0 Å². The molecule has 0 aliphatic heterocycles. The van der Waals surface area contributed by atoms with E-state index in [1.807, 2.05) is 12.1 Å². The van der Waals surface area contributed by atoms with Gasteiger partial charge in [-0.1, -0.05) is 89.0 Å². The van der Waals surface area contributed by atoms with Crippen LogP contribution in [-0.2, 0) is 0 Å². The SMILES string of the molecule is CCCCCCCCCCC1CCC(c2ccc(OC(=S)c3ccc(C(F)F)cc3)cc2)CC1. The first-order chi connectivity index (χ1) is 16.6. The zero-order chi connectivity index (χ0) is 24.2. The maximum atomic E-state index is 12.7. The highest BCUT2D eigenvalue weighted by Crippen LogP contribution is 2.38. The second-order valence-corrected chi connectivity index (χ2v) is 10.2. The minimum Gasteiger partial charge on any atom is -0.445 e. The fraction of sp³-hybridized carbons (Fsp3) is 0.567. The fourth-order valence-corrected chi connectivity index (χ4v) is 5.32. The molecule has 1 fully saturated rings. The van der Waals surface area contributed by atoms with Crippen molar-refractivity contribution in [2.24, 2.45) is 5.92 Å². The number of ether oxygens (including phenoxy) is 1. The summed E-state index contributed by atoms with van der Waals surface area (Å²) in [6.45, 7) is 2.28. The second kappa shape index (κ2) is 14.6. The zero-order valence-electron chi connectivity index (χ0n) is 20.6. The molecule has 2 aromatic rings. The van der Waals surface area contributed by atoms with E-state index >= 15 is 0 Å². The van der Waals surface area contributed by atoms with Gasteiger partial charge in [-0.15, -0.1) is 0 Å². The van der Waals surface area contributed by atoms with Crippen LogP contribution in [0.15, 0.2) is 48.5 Å².